The van der Waals surface area contributed by atoms with Gasteiger partial charge in [0.2, 0.25) is 0 Å². The molecule has 0 radical (unpaired) electrons. The molecule has 0 aliphatic heterocycles. The Kier molecular flexibility index (Phi) is 4.68. The van der Waals surface area contributed by atoms with Crippen molar-refractivity contribution in [1.82, 2.24) is 0 Å². The number of halogens is 3. The molecule has 0 aromatic heterocycles. The van der Waals surface area contributed by atoms with Gasteiger partial charge in [0, 0.05) is 10.0 Å². The second-order valence-electron chi connectivity index (χ2n) is 4.49. The van der Waals surface area contributed by atoms with E-state index >= 15 is 0 Å². The first-order valence-electron chi connectivity index (χ1n) is 5.99. The van der Waals surface area contributed by atoms with Gasteiger partial charge in [0.05, 0.1) is 11.1 Å². The maximum absolute atomic E-state index is 13.6. The Bertz CT molecular complexity index is 644. The number of aryl methyl sites for hydroxylation is 1. The molecule has 0 spiro atoms. The van der Waals surface area contributed by atoms with E-state index in [0.29, 0.717) is 27.6 Å². The van der Waals surface area contributed by atoms with Crippen LogP contribution in [0.1, 0.15) is 24.2 Å². The minimum Gasteiger partial charge on any atom is -0.455 e. The van der Waals surface area contributed by atoms with Gasteiger partial charge in [0.15, 0.2) is 0 Å². The van der Waals surface area contributed by atoms with Gasteiger partial charge in [-0.15, -0.1) is 0 Å². The van der Waals surface area contributed by atoms with E-state index in [0.717, 1.165) is 4.47 Å². The van der Waals surface area contributed by atoms with Crippen LogP contribution >= 0.6 is 27.5 Å². The summed E-state index contributed by atoms with van der Waals surface area (Å²) in [5, 5.41) is 10.2. The fraction of sp³-hybridized carbons (Fsp3) is 0.200. The molecule has 2 aromatic carbocycles. The summed E-state index contributed by atoms with van der Waals surface area (Å²) >= 11 is 9.40. The van der Waals surface area contributed by atoms with Crippen LogP contribution in [0.4, 0.5) is 4.39 Å². The second kappa shape index (κ2) is 6.12. The normalized spacial score (nSPS) is 12.3. The minimum absolute atomic E-state index is 0.379. The number of hydrogen-bond acceptors (Lipinski definition) is 2. The number of rotatable bonds is 3. The number of aliphatic hydroxyl groups excluding tert-OH is 1. The van der Waals surface area contributed by atoms with E-state index in [1.54, 1.807) is 38.1 Å². The number of aliphatic hydroxyl groups is 1. The maximum Gasteiger partial charge on any atom is 0.146 e. The van der Waals surface area contributed by atoms with Crippen molar-refractivity contribution in [3.63, 3.8) is 0 Å². The second-order valence-corrected chi connectivity index (χ2v) is 5.81. The summed E-state index contributed by atoms with van der Waals surface area (Å²) in [5.74, 6) is 0.459. The Balaban J connectivity index is 2.44. The summed E-state index contributed by atoms with van der Waals surface area (Å²) in [6.45, 7) is 3.19. The number of benzene rings is 2. The van der Waals surface area contributed by atoms with Crippen LogP contribution in [0.5, 0.6) is 11.5 Å². The lowest BCUT2D eigenvalue weighted by Crippen LogP contribution is -1.99. The lowest BCUT2D eigenvalue weighted by Gasteiger charge is -2.15. The molecular formula is C15H13BrClFO2. The van der Waals surface area contributed by atoms with Crippen LogP contribution in [0, 0.1) is 12.7 Å². The van der Waals surface area contributed by atoms with Crippen LogP contribution in [0.15, 0.2) is 34.8 Å². The zero-order chi connectivity index (χ0) is 14.9. The van der Waals surface area contributed by atoms with Crippen molar-refractivity contribution < 1.29 is 14.2 Å². The lowest BCUT2D eigenvalue weighted by molar-refractivity contribution is 0.195. The van der Waals surface area contributed by atoms with Gasteiger partial charge in [-0.1, -0.05) is 27.5 Å². The lowest BCUT2D eigenvalue weighted by atomic mass is 10.1. The Labute approximate surface area is 130 Å². The average molecular weight is 360 g/mol. The highest BCUT2D eigenvalue weighted by Gasteiger charge is 2.15. The van der Waals surface area contributed by atoms with E-state index in [4.69, 9.17) is 16.3 Å². The Morgan fingerprint density at radius 1 is 1.25 bits per heavy atom. The van der Waals surface area contributed by atoms with Gasteiger partial charge in [0.1, 0.15) is 17.3 Å². The molecule has 2 nitrogen and oxygen atoms in total. The molecule has 0 saturated carbocycles. The molecule has 0 saturated heterocycles. The molecule has 2 rings (SSSR count). The Hall–Kier alpha value is -1.10. The topological polar surface area (TPSA) is 29.5 Å². The van der Waals surface area contributed by atoms with Crippen molar-refractivity contribution in [3.8, 4) is 11.5 Å². The van der Waals surface area contributed by atoms with Gasteiger partial charge < -0.3 is 9.84 Å². The van der Waals surface area contributed by atoms with Crippen molar-refractivity contribution in [2.75, 3.05) is 0 Å². The monoisotopic (exact) mass is 358 g/mol. The first-order chi connectivity index (χ1) is 9.38. The highest BCUT2D eigenvalue weighted by molar-refractivity contribution is 9.10. The van der Waals surface area contributed by atoms with Crippen LogP contribution < -0.4 is 4.74 Å². The molecule has 1 atom stereocenters. The molecule has 2 aromatic rings. The standard InChI is InChI=1S/C15H13BrClFO2/c1-8-5-15(11(9(2)19)7-13(8)18)20-14-4-3-10(16)6-12(14)17/h3-7,9,19H,1-2H3/t9-/m1/s1. The summed E-state index contributed by atoms with van der Waals surface area (Å²) in [4.78, 5) is 0. The Morgan fingerprint density at radius 3 is 2.55 bits per heavy atom. The van der Waals surface area contributed by atoms with Gasteiger partial charge in [0.25, 0.3) is 0 Å². The van der Waals surface area contributed by atoms with Crippen LogP contribution in [0.3, 0.4) is 0 Å². The number of ether oxygens (including phenoxy) is 1. The van der Waals surface area contributed by atoms with Gasteiger partial charge >= 0.3 is 0 Å². The zero-order valence-corrected chi connectivity index (χ0v) is 13.3. The number of hydrogen-bond donors (Lipinski definition) is 1. The fourth-order valence-corrected chi connectivity index (χ4v) is 2.47. The molecule has 1 N–H and O–H groups in total. The van der Waals surface area contributed by atoms with Crippen LogP contribution in [-0.2, 0) is 0 Å². The van der Waals surface area contributed by atoms with Crippen molar-refractivity contribution >= 4 is 27.5 Å². The third-order valence-electron chi connectivity index (χ3n) is 2.85. The highest BCUT2D eigenvalue weighted by atomic mass is 79.9. The molecular weight excluding hydrogens is 347 g/mol. The van der Waals surface area contributed by atoms with Gasteiger partial charge in [-0.25, -0.2) is 4.39 Å². The average Bonchev–Trinajstić information content (AvgIpc) is 2.36. The highest BCUT2D eigenvalue weighted by Crippen LogP contribution is 2.36. The summed E-state index contributed by atoms with van der Waals surface area (Å²) in [5.41, 5.74) is 0.824. The predicted molar refractivity (Wildman–Crippen MR) is 81.0 cm³/mol. The molecule has 0 aliphatic rings. The maximum atomic E-state index is 13.6. The van der Waals surface area contributed by atoms with Crippen molar-refractivity contribution in [2.24, 2.45) is 0 Å². The third-order valence-corrected chi connectivity index (χ3v) is 3.64. The minimum atomic E-state index is -0.839. The molecule has 5 heteroatoms. The molecule has 0 heterocycles. The first-order valence-corrected chi connectivity index (χ1v) is 7.16. The van der Waals surface area contributed by atoms with E-state index in [-0.39, 0.29) is 5.82 Å². The molecule has 0 bridgehead atoms. The van der Waals surface area contributed by atoms with Crippen molar-refractivity contribution in [3.05, 3.63) is 56.8 Å². The smallest absolute Gasteiger partial charge is 0.146 e. The van der Waals surface area contributed by atoms with Gasteiger partial charge in [-0.2, -0.15) is 0 Å². The van der Waals surface area contributed by atoms with E-state index in [1.165, 1.54) is 6.07 Å². The van der Waals surface area contributed by atoms with Gasteiger partial charge in [-0.05, 0) is 49.7 Å². The summed E-state index contributed by atoms with van der Waals surface area (Å²) in [6, 6.07) is 8.03. The molecule has 0 aliphatic carbocycles. The van der Waals surface area contributed by atoms with Crippen LogP contribution in [0.2, 0.25) is 5.02 Å². The van der Waals surface area contributed by atoms with E-state index in [1.807, 2.05) is 0 Å². The fourth-order valence-electron chi connectivity index (χ4n) is 1.76. The molecule has 20 heavy (non-hydrogen) atoms. The molecule has 0 amide bonds. The van der Waals surface area contributed by atoms with E-state index < -0.39 is 6.10 Å². The SMILES string of the molecule is Cc1cc(Oc2ccc(Br)cc2Cl)c([C@@H](C)O)cc1F. The summed E-state index contributed by atoms with van der Waals surface area (Å²) in [7, 11) is 0. The predicted octanol–water partition coefficient (Wildman–Crippen LogP) is 5.40. The summed E-state index contributed by atoms with van der Waals surface area (Å²) in [6.07, 6.45) is -0.839. The largest absolute Gasteiger partial charge is 0.455 e. The first kappa shape index (κ1) is 15.3. The third kappa shape index (κ3) is 3.32. The van der Waals surface area contributed by atoms with Crippen molar-refractivity contribution in [2.45, 2.75) is 20.0 Å². The quantitative estimate of drug-likeness (QED) is 0.795. The summed E-state index contributed by atoms with van der Waals surface area (Å²) < 4.78 is 20.1. The van der Waals surface area contributed by atoms with Crippen molar-refractivity contribution in [1.29, 1.82) is 0 Å². The van der Waals surface area contributed by atoms with Gasteiger partial charge in [-0.3, -0.25) is 0 Å². The van der Waals surface area contributed by atoms with Crippen LogP contribution in [-0.4, -0.2) is 5.11 Å². The zero-order valence-electron chi connectivity index (χ0n) is 11.0. The molecule has 0 unspecified atom stereocenters. The Morgan fingerprint density at radius 2 is 1.95 bits per heavy atom. The molecule has 0 fully saturated rings. The van der Waals surface area contributed by atoms with E-state index in [9.17, 15) is 9.50 Å². The molecule has 106 valence electrons. The van der Waals surface area contributed by atoms with Crippen LogP contribution in [0.25, 0.3) is 0 Å². The van der Waals surface area contributed by atoms with E-state index in [2.05, 4.69) is 15.9 Å².